The molecule has 9 heteroatoms. The molecule has 2 atom stereocenters. The summed E-state index contributed by atoms with van der Waals surface area (Å²) in [6.45, 7) is 4.67. The zero-order valence-electron chi connectivity index (χ0n) is 67.0. The Kier molecular flexibility index (Phi) is 78.3. The summed E-state index contributed by atoms with van der Waals surface area (Å²) in [6.07, 6.45) is 112. The molecule has 0 bridgehead atoms. The van der Waals surface area contributed by atoms with E-state index in [-0.39, 0.29) is 32.2 Å². The van der Waals surface area contributed by atoms with Crippen LogP contribution in [-0.2, 0) is 33.3 Å². The summed E-state index contributed by atoms with van der Waals surface area (Å²) in [4.78, 5) is 37.7. The minimum absolute atomic E-state index is 0.147. The Morgan fingerprint density at radius 3 is 0.842 bits per heavy atom. The van der Waals surface area contributed by atoms with Gasteiger partial charge >= 0.3 is 11.9 Å². The first-order chi connectivity index (χ1) is 49.6. The smallest absolute Gasteiger partial charge is 0.306 e. The zero-order chi connectivity index (χ0) is 73.2. The third-order valence-electron chi connectivity index (χ3n) is 19.0. The van der Waals surface area contributed by atoms with E-state index in [0.717, 1.165) is 83.5 Å². The van der Waals surface area contributed by atoms with Crippen molar-refractivity contribution >= 4 is 17.9 Å². The lowest BCUT2D eigenvalue weighted by molar-refractivity contribution is -0.870. The first-order valence-corrected chi connectivity index (χ1v) is 43.0. The standard InChI is InChI=1S/C92H163NO8/c1-6-8-10-12-14-16-18-20-22-24-26-28-30-32-34-36-38-40-42-43-44-45-46-47-49-50-52-54-56-58-60-62-64-66-68-70-72-74-76-78-80-82-89(94)99-86-88(87-100-92(91(96)97)98-85-84-93(3,4)5)101-90(95)83-81-79-77-75-73-71-69-67-65-63-61-59-57-55-53-51-48-41-39-37-35-33-31-29-27-25-23-21-19-17-15-13-11-9-7-2/h9,11,15,17-18,20-21,23-24,26-27,29-30,32-33,35,39,41,88,92H,6-8,10,12-14,16,19,22,25,28,31,34,36-38,40,42-87H2,1-5H3/b11-9-,17-15-,20-18-,23-21-,26-24-,29-27-,32-30-,35-33-,41-39-. The van der Waals surface area contributed by atoms with Crippen molar-refractivity contribution in [3.05, 3.63) is 109 Å². The van der Waals surface area contributed by atoms with Crippen molar-refractivity contribution in [3.63, 3.8) is 0 Å². The van der Waals surface area contributed by atoms with Crippen molar-refractivity contribution in [1.29, 1.82) is 0 Å². The lowest BCUT2D eigenvalue weighted by Crippen LogP contribution is -2.44. The zero-order valence-corrected chi connectivity index (χ0v) is 67.0. The molecule has 9 nitrogen and oxygen atoms in total. The molecule has 584 valence electrons. The minimum atomic E-state index is -1.63. The highest BCUT2D eigenvalue weighted by Crippen LogP contribution is 2.20. The first kappa shape index (κ1) is 97.0. The Balaban J connectivity index is 3.95. The topological polar surface area (TPSA) is 111 Å². The molecule has 0 saturated heterocycles. The van der Waals surface area contributed by atoms with Crippen LogP contribution in [0.1, 0.15) is 399 Å². The molecule has 0 aromatic rings. The van der Waals surface area contributed by atoms with Crippen LogP contribution >= 0.6 is 0 Å². The third kappa shape index (κ3) is 83.1. The van der Waals surface area contributed by atoms with Gasteiger partial charge in [0.05, 0.1) is 40.3 Å². The average molecular weight is 1410 g/mol. The van der Waals surface area contributed by atoms with Crippen LogP contribution in [0.3, 0.4) is 0 Å². The summed E-state index contributed by atoms with van der Waals surface area (Å²) in [5, 5.41) is 11.9. The van der Waals surface area contributed by atoms with Crippen LogP contribution in [0.15, 0.2) is 109 Å². The quantitative estimate of drug-likeness (QED) is 0.0195. The number of carbonyl (C=O) groups excluding carboxylic acids is 3. The number of allylic oxidation sites excluding steroid dienone is 18. The van der Waals surface area contributed by atoms with Crippen molar-refractivity contribution in [2.75, 3.05) is 47.5 Å². The second-order valence-electron chi connectivity index (χ2n) is 30.1. The number of likely N-dealkylation sites (N-methyl/N-ethyl adjacent to an activating group) is 1. The number of unbranched alkanes of at least 4 members (excludes halogenated alkanes) is 47. The van der Waals surface area contributed by atoms with Crippen molar-refractivity contribution in [1.82, 2.24) is 0 Å². The van der Waals surface area contributed by atoms with E-state index in [0.29, 0.717) is 23.9 Å². The maximum absolute atomic E-state index is 13.0. The van der Waals surface area contributed by atoms with E-state index in [2.05, 4.69) is 123 Å². The predicted molar refractivity (Wildman–Crippen MR) is 435 cm³/mol. The SMILES string of the molecule is CC/C=C\C/C=C\C/C=C\C/C=C\C/C=C\C/C=C\CCCCCCCCCCCCCCCCCCC(=O)OC(COC(=O)CCCCCCCCCCCCCCCCCCCCCCCCCCCC/C=C\C/C=C\C/C=C\CCCCCCC)COC(OCC[N+](C)(C)C)C(=O)[O-]. The molecule has 0 saturated carbocycles. The highest BCUT2D eigenvalue weighted by Gasteiger charge is 2.22. The van der Waals surface area contributed by atoms with Crippen LogP contribution in [0.5, 0.6) is 0 Å². The highest BCUT2D eigenvalue weighted by atomic mass is 16.7. The van der Waals surface area contributed by atoms with Gasteiger partial charge in [0.25, 0.3) is 0 Å². The monoisotopic (exact) mass is 1410 g/mol. The number of carboxylic acid groups (broad SMARTS) is 1. The molecular formula is C92H163NO8. The molecule has 0 aliphatic heterocycles. The van der Waals surface area contributed by atoms with Gasteiger partial charge in [0, 0.05) is 12.8 Å². The molecule has 2 unspecified atom stereocenters. The Labute approximate surface area is 625 Å². The summed E-state index contributed by atoms with van der Waals surface area (Å²) in [7, 11) is 5.95. The highest BCUT2D eigenvalue weighted by molar-refractivity contribution is 5.70. The molecule has 0 aromatic heterocycles. The normalized spacial score (nSPS) is 13.2. The summed E-state index contributed by atoms with van der Waals surface area (Å²) in [5.41, 5.74) is 0. The minimum Gasteiger partial charge on any atom is -0.545 e. The molecule has 0 amide bonds. The van der Waals surface area contributed by atoms with E-state index in [4.69, 9.17) is 18.9 Å². The number of aliphatic carboxylic acids is 1. The second-order valence-corrected chi connectivity index (χ2v) is 30.1. The lowest BCUT2D eigenvalue weighted by Gasteiger charge is -2.26. The summed E-state index contributed by atoms with van der Waals surface area (Å²) in [6, 6.07) is 0. The van der Waals surface area contributed by atoms with Crippen LogP contribution in [0.25, 0.3) is 0 Å². The Morgan fingerprint density at radius 1 is 0.307 bits per heavy atom. The van der Waals surface area contributed by atoms with Gasteiger partial charge in [-0.1, -0.05) is 393 Å². The maximum atomic E-state index is 13.0. The first-order valence-electron chi connectivity index (χ1n) is 43.0. The summed E-state index contributed by atoms with van der Waals surface area (Å²) in [5.74, 6) is -2.26. The van der Waals surface area contributed by atoms with Gasteiger partial charge in [-0.05, 0) is 103 Å². The Morgan fingerprint density at radius 2 is 0.564 bits per heavy atom. The van der Waals surface area contributed by atoms with Gasteiger partial charge in [-0.3, -0.25) is 9.59 Å². The van der Waals surface area contributed by atoms with Crippen LogP contribution in [0.2, 0.25) is 0 Å². The second kappa shape index (κ2) is 81.6. The van der Waals surface area contributed by atoms with Gasteiger partial charge in [-0.15, -0.1) is 0 Å². The number of nitrogens with zero attached hydrogens (tertiary/aromatic N) is 1. The third-order valence-corrected chi connectivity index (χ3v) is 19.0. The molecule has 0 heterocycles. The number of hydrogen-bond donors (Lipinski definition) is 0. The molecule has 0 rings (SSSR count). The van der Waals surface area contributed by atoms with Crippen molar-refractivity contribution in [3.8, 4) is 0 Å². The Hall–Kier alpha value is -4.05. The largest absolute Gasteiger partial charge is 0.545 e. The fraction of sp³-hybridized carbons (Fsp3) is 0.772. The fourth-order valence-electron chi connectivity index (χ4n) is 12.5. The number of ether oxygens (including phenoxy) is 4. The van der Waals surface area contributed by atoms with Crippen molar-refractivity contribution in [2.45, 2.75) is 411 Å². The van der Waals surface area contributed by atoms with Crippen LogP contribution < -0.4 is 5.11 Å². The van der Waals surface area contributed by atoms with Crippen LogP contribution in [0.4, 0.5) is 0 Å². The van der Waals surface area contributed by atoms with Gasteiger partial charge in [0.15, 0.2) is 12.4 Å². The van der Waals surface area contributed by atoms with Gasteiger partial charge in [0.2, 0.25) is 0 Å². The van der Waals surface area contributed by atoms with Crippen molar-refractivity contribution in [2.24, 2.45) is 0 Å². The number of esters is 2. The molecule has 0 radical (unpaired) electrons. The molecule has 0 aliphatic carbocycles. The summed E-state index contributed by atoms with van der Waals surface area (Å²) >= 11 is 0. The van der Waals surface area contributed by atoms with Gasteiger partial charge in [0.1, 0.15) is 13.2 Å². The molecule has 0 fully saturated rings. The van der Waals surface area contributed by atoms with Gasteiger partial charge < -0.3 is 33.3 Å². The number of carboxylic acids is 1. The van der Waals surface area contributed by atoms with E-state index in [1.54, 1.807) is 0 Å². The number of quaternary nitrogens is 1. The molecule has 0 aliphatic rings. The number of rotatable bonds is 80. The van der Waals surface area contributed by atoms with Crippen LogP contribution in [-0.4, -0.2) is 82.3 Å². The number of hydrogen-bond acceptors (Lipinski definition) is 8. The molecule has 0 aromatic carbocycles. The molecule has 0 N–H and O–H groups in total. The fourth-order valence-corrected chi connectivity index (χ4v) is 12.5. The Bertz CT molecular complexity index is 2040. The lowest BCUT2D eigenvalue weighted by atomic mass is 10.0. The molecule has 0 spiro atoms. The number of carbonyl (C=O) groups is 3. The average Bonchev–Trinajstić information content (AvgIpc) is 1.25. The summed E-state index contributed by atoms with van der Waals surface area (Å²) < 4.78 is 22.9. The predicted octanol–water partition coefficient (Wildman–Crippen LogP) is 26.7. The van der Waals surface area contributed by atoms with Gasteiger partial charge in [-0.25, -0.2) is 0 Å². The molecular weight excluding hydrogens is 1250 g/mol. The van der Waals surface area contributed by atoms with Gasteiger partial charge in [-0.2, -0.15) is 0 Å². The molecule has 101 heavy (non-hydrogen) atoms. The maximum Gasteiger partial charge on any atom is 0.306 e. The van der Waals surface area contributed by atoms with Crippen molar-refractivity contribution < 1.29 is 42.9 Å². The van der Waals surface area contributed by atoms with E-state index in [1.165, 1.54) is 283 Å². The van der Waals surface area contributed by atoms with E-state index >= 15 is 0 Å². The van der Waals surface area contributed by atoms with Crippen LogP contribution in [0, 0.1) is 0 Å². The van der Waals surface area contributed by atoms with E-state index in [1.807, 2.05) is 21.1 Å². The van der Waals surface area contributed by atoms with E-state index < -0.39 is 24.3 Å². The van der Waals surface area contributed by atoms with E-state index in [9.17, 15) is 19.5 Å².